The van der Waals surface area contributed by atoms with Crippen LogP contribution in [-0.4, -0.2) is 63.1 Å². The van der Waals surface area contributed by atoms with Gasteiger partial charge in [-0.15, -0.1) is 0 Å². The molecule has 3 rings (SSSR count). The number of hydrogen-bond acceptors (Lipinski definition) is 7. The number of amides is 1. The maximum Gasteiger partial charge on any atom is 0.355 e. The fourth-order valence-corrected chi connectivity index (χ4v) is 4.15. The lowest BCUT2D eigenvalue weighted by molar-refractivity contribution is -0.139. The second kappa shape index (κ2) is 11.2. The number of anilines is 2. The predicted molar refractivity (Wildman–Crippen MR) is 132 cm³/mol. The van der Waals surface area contributed by atoms with E-state index < -0.39 is 11.9 Å². The molecule has 34 heavy (non-hydrogen) atoms. The Morgan fingerprint density at radius 1 is 0.971 bits per heavy atom. The number of esters is 2. The number of piperazine rings is 1. The third kappa shape index (κ3) is 5.62. The Labute approximate surface area is 205 Å². The molecule has 1 fully saturated rings. The first-order chi connectivity index (χ1) is 16.3. The van der Waals surface area contributed by atoms with Gasteiger partial charge in [0.1, 0.15) is 5.70 Å². The number of halogens is 1. The van der Waals surface area contributed by atoms with Gasteiger partial charge in [-0.3, -0.25) is 4.79 Å². The van der Waals surface area contributed by atoms with Crippen LogP contribution in [0.15, 0.2) is 53.9 Å². The number of rotatable bonds is 6. The number of carbonyl (C=O) groups is 3. The van der Waals surface area contributed by atoms with Gasteiger partial charge in [-0.05, 0) is 36.3 Å². The van der Waals surface area contributed by atoms with Crippen molar-refractivity contribution in [2.75, 3.05) is 50.2 Å². The summed E-state index contributed by atoms with van der Waals surface area (Å²) < 4.78 is 9.91. The molecule has 2 aliphatic heterocycles. The van der Waals surface area contributed by atoms with Crippen LogP contribution in [0.1, 0.15) is 20.3 Å². The fraction of sp³-hybridized carbons (Fsp3) is 0.400. The number of benzene rings is 1. The van der Waals surface area contributed by atoms with E-state index in [0.29, 0.717) is 49.2 Å². The van der Waals surface area contributed by atoms with E-state index in [-0.39, 0.29) is 17.2 Å². The van der Waals surface area contributed by atoms with Crippen molar-refractivity contribution in [3.05, 3.63) is 58.9 Å². The first-order valence-corrected chi connectivity index (χ1v) is 11.5. The van der Waals surface area contributed by atoms with E-state index in [1.165, 1.54) is 20.3 Å². The van der Waals surface area contributed by atoms with Crippen LogP contribution < -0.4 is 9.80 Å². The summed E-state index contributed by atoms with van der Waals surface area (Å²) in [5, 5.41) is 0.471. The van der Waals surface area contributed by atoms with Gasteiger partial charge < -0.3 is 24.2 Å². The molecule has 1 amide bonds. The van der Waals surface area contributed by atoms with E-state index in [0.717, 1.165) is 5.69 Å². The molecular weight excluding hydrogens is 458 g/mol. The molecule has 0 N–H and O–H groups in total. The minimum absolute atomic E-state index is 0.0219. The lowest BCUT2D eigenvalue weighted by Gasteiger charge is -2.38. The third-order valence-corrected chi connectivity index (χ3v) is 5.88. The Kier molecular flexibility index (Phi) is 8.39. The molecule has 0 bridgehead atoms. The van der Waals surface area contributed by atoms with Crippen molar-refractivity contribution in [3.63, 3.8) is 0 Å². The molecule has 8 nitrogen and oxygen atoms in total. The van der Waals surface area contributed by atoms with Crippen molar-refractivity contribution >= 4 is 40.8 Å². The van der Waals surface area contributed by atoms with Crippen LogP contribution in [0.25, 0.3) is 0 Å². The van der Waals surface area contributed by atoms with Gasteiger partial charge in [0, 0.05) is 43.8 Å². The lowest BCUT2D eigenvalue weighted by Crippen LogP contribution is -2.49. The summed E-state index contributed by atoms with van der Waals surface area (Å²) in [5.41, 5.74) is 1.51. The van der Waals surface area contributed by atoms with Crippen LogP contribution in [0.2, 0.25) is 5.02 Å². The van der Waals surface area contributed by atoms with Crippen molar-refractivity contribution in [2.24, 2.45) is 5.92 Å². The number of ether oxygens (including phenoxy) is 2. The lowest BCUT2D eigenvalue weighted by atomic mass is 10.1. The second-order valence-electron chi connectivity index (χ2n) is 8.41. The molecule has 0 aliphatic carbocycles. The number of carbonyl (C=O) groups excluding carboxylic acids is 3. The zero-order valence-corrected chi connectivity index (χ0v) is 20.7. The Bertz CT molecular complexity index is 1040. The topological polar surface area (TPSA) is 79.4 Å². The summed E-state index contributed by atoms with van der Waals surface area (Å²) in [4.78, 5) is 43.4. The predicted octanol–water partition coefficient (Wildman–Crippen LogP) is 3.52. The van der Waals surface area contributed by atoms with Crippen LogP contribution in [0.5, 0.6) is 0 Å². The fourth-order valence-electron chi connectivity index (χ4n) is 3.98. The maximum absolute atomic E-state index is 12.8. The molecule has 1 aromatic rings. The summed E-state index contributed by atoms with van der Waals surface area (Å²) in [6.45, 7) is 6.50. The largest absolute Gasteiger partial charge is 0.465 e. The molecule has 9 heteroatoms. The molecule has 182 valence electrons. The van der Waals surface area contributed by atoms with E-state index in [2.05, 4.69) is 4.90 Å². The van der Waals surface area contributed by atoms with Gasteiger partial charge in [0.05, 0.1) is 31.2 Å². The number of nitrogens with zero attached hydrogens (tertiary/aromatic N) is 3. The SMILES string of the molecule is COC(=O)C1=C(C(=O)OC)N(c2cc(Cl)ccc2N2CCN(C(=O)CC(C)C)CC2)C=CC=C1. The van der Waals surface area contributed by atoms with Gasteiger partial charge in [-0.25, -0.2) is 9.59 Å². The van der Waals surface area contributed by atoms with E-state index in [1.54, 1.807) is 35.4 Å². The average molecular weight is 488 g/mol. The van der Waals surface area contributed by atoms with E-state index >= 15 is 0 Å². The van der Waals surface area contributed by atoms with Crippen LogP contribution in [0.3, 0.4) is 0 Å². The van der Waals surface area contributed by atoms with E-state index in [4.69, 9.17) is 21.1 Å². The number of methoxy groups -OCH3 is 2. The molecule has 0 unspecified atom stereocenters. The molecule has 0 saturated carbocycles. The molecule has 0 radical (unpaired) electrons. The van der Waals surface area contributed by atoms with Crippen molar-refractivity contribution < 1.29 is 23.9 Å². The van der Waals surface area contributed by atoms with Crippen molar-refractivity contribution in [1.82, 2.24) is 4.90 Å². The highest BCUT2D eigenvalue weighted by Gasteiger charge is 2.30. The summed E-state index contributed by atoms with van der Waals surface area (Å²) in [6, 6.07) is 5.39. The van der Waals surface area contributed by atoms with Gasteiger partial charge in [-0.1, -0.05) is 31.5 Å². The van der Waals surface area contributed by atoms with Gasteiger partial charge in [0.2, 0.25) is 5.91 Å². The number of allylic oxidation sites excluding steroid dienone is 2. The smallest absolute Gasteiger partial charge is 0.355 e. The quantitative estimate of drug-likeness (QED) is 0.568. The maximum atomic E-state index is 12.8. The summed E-state index contributed by atoms with van der Waals surface area (Å²) in [7, 11) is 2.51. The molecule has 0 spiro atoms. The molecule has 2 aliphatic rings. The van der Waals surface area contributed by atoms with Crippen LogP contribution in [-0.2, 0) is 23.9 Å². The molecule has 2 heterocycles. The molecule has 0 aromatic heterocycles. The monoisotopic (exact) mass is 487 g/mol. The van der Waals surface area contributed by atoms with Crippen LogP contribution in [0, 0.1) is 5.92 Å². The Morgan fingerprint density at radius 3 is 2.26 bits per heavy atom. The minimum atomic E-state index is -0.688. The van der Waals surface area contributed by atoms with Crippen molar-refractivity contribution in [2.45, 2.75) is 20.3 Å². The summed E-state index contributed by atoms with van der Waals surface area (Å²) in [5.74, 6) is -0.881. The summed E-state index contributed by atoms with van der Waals surface area (Å²) in [6.07, 6.45) is 7.08. The van der Waals surface area contributed by atoms with Crippen LogP contribution >= 0.6 is 11.6 Å². The molecule has 0 atom stereocenters. The summed E-state index contributed by atoms with van der Waals surface area (Å²) >= 11 is 6.35. The first-order valence-electron chi connectivity index (χ1n) is 11.1. The van der Waals surface area contributed by atoms with Gasteiger partial charge in [0.15, 0.2) is 0 Å². The third-order valence-electron chi connectivity index (χ3n) is 5.64. The zero-order chi connectivity index (χ0) is 24.8. The van der Waals surface area contributed by atoms with E-state index in [9.17, 15) is 14.4 Å². The second-order valence-corrected chi connectivity index (χ2v) is 8.85. The van der Waals surface area contributed by atoms with Gasteiger partial charge >= 0.3 is 11.9 Å². The molecule has 1 saturated heterocycles. The minimum Gasteiger partial charge on any atom is -0.465 e. The van der Waals surface area contributed by atoms with Crippen LogP contribution in [0.4, 0.5) is 11.4 Å². The number of hydrogen-bond donors (Lipinski definition) is 0. The van der Waals surface area contributed by atoms with Gasteiger partial charge in [-0.2, -0.15) is 0 Å². The average Bonchev–Trinajstić information content (AvgIpc) is 3.05. The molecular formula is C25H30ClN3O5. The highest BCUT2D eigenvalue weighted by atomic mass is 35.5. The zero-order valence-electron chi connectivity index (χ0n) is 19.9. The van der Waals surface area contributed by atoms with Crippen molar-refractivity contribution in [3.8, 4) is 0 Å². The highest BCUT2D eigenvalue weighted by Crippen LogP contribution is 2.37. The Hall–Kier alpha value is -3.26. The highest BCUT2D eigenvalue weighted by molar-refractivity contribution is 6.31. The molecule has 1 aromatic carbocycles. The normalized spacial score (nSPS) is 16.1. The van der Waals surface area contributed by atoms with Crippen molar-refractivity contribution in [1.29, 1.82) is 0 Å². The standard InChI is InChI=1S/C25H30ClN3O5/c1-17(2)15-22(30)28-13-11-27(12-14-28)20-9-8-18(26)16-21(20)29-10-6-5-7-19(24(31)33-3)23(29)25(32)34-4/h5-10,16-17H,11-15H2,1-4H3. The Balaban J connectivity index is 1.99. The first kappa shape index (κ1) is 25.4. The van der Waals surface area contributed by atoms with E-state index in [1.807, 2.05) is 24.8 Å². The Morgan fingerprint density at radius 2 is 1.65 bits per heavy atom. The van der Waals surface area contributed by atoms with Gasteiger partial charge in [0.25, 0.3) is 0 Å².